The van der Waals surface area contributed by atoms with Crippen LogP contribution in [0.2, 0.25) is 0 Å². The molecule has 0 amide bonds. The van der Waals surface area contributed by atoms with E-state index in [1.54, 1.807) is 18.4 Å². The molecule has 1 aromatic heterocycles. The first-order chi connectivity index (χ1) is 8.15. The number of methoxy groups -OCH3 is 1. The fourth-order valence-corrected chi connectivity index (χ4v) is 2.87. The number of benzene rings is 1. The maximum Gasteiger partial charge on any atom is 0.128 e. The zero-order valence-corrected chi connectivity index (χ0v) is 11.7. The van der Waals surface area contributed by atoms with Crippen LogP contribution in [0.1, 0.15) is 15.4 Å². The van der Waals surface area contributed by atoms with Gasteiger partial charge in [0.25, 0.3) is 0 Å². The van der Waals surface area contributed by atoms with Crippen molar-refractivity contribution in [3.8, 4) is 17.0 Å². The van der Waals surface area contributed by atoms with E-state index in [4.69, 9.17) is 16.3 Å². The number of rotatable bonds is 3. The maximum atomic E-state index is 5.96. The third-order valence-electron chi connectivity index (χ3n) is 2.54. The SMILES string of the molecule is COc1ccc(C)cc1-c1nc(C)sc1CCl. The Bertz CT molecular complexity index is 536. The minimum atomic E-state index is 0.484. The van der Waals surface area contributed by atoms with Crippen molar-refractivity contribution >= 4 is 22.9 Å². The average Bonchev–Trinajstić information content (AvgIpc) is 2.70. The van der Waals surface area contributed by atoms with Crippen molar-refractivity contribution in [2.45, 2.75) is 19.7 Å². The molecule has 1 aromatic carbocycles. The largest absolute Gasteiger partial charge is 0.496 e. The summed E-state index contributed by atoms with van der Waals surface area (Å²) in [5, 5.41) is 1.03. The molecular formula is C13H14ClNOS. The second-order valence-corrected chi connectivity index (χ2v) is 5.40. The van der Waals surface area contributed by atoms with Crippen LogP contribution in [-0.4, -0.2) is 12.1 Å². The number of thiazole rings is 1. The molecule has 0 bridgehead atoms. The van der Waals surface area contributed by atoms with E-state index in [0.29, 0.717) is 5.88 Å². The number of aromatic nitrogens is 1. The summed E-state index contributed by atoms with van der Waals surface area (Å²) in [4.78, 5) is 5.65. The van der Waals surface area contributed by atoms with Gasteiger partial charge >= 0.3 is 0 Å². The lowest BCUT2D eigenvalue weighted by molar-refractivity contribution is 0.416. The summed E-state index contributed by atoms with van der Waals surface area (Å²) in [6.07, 6.45) is 0. The van der Waals surface area contributed by atoms with Crippen molar-refractivity contribution in [2.24, 2.45) is 0 Å². The second-order valence-electron chi connectivity index (χ2n) is 3.84. The lowest BCUT2D eigenvalue weighted by atomic mass is 10.1. The van der Waals surface area contributed by atoms with Crippen molar-refractivity contribution < 1.29 is 4.74 Å². The quantitative estimate of drug-likeness (QED) is 0.779. The molecule has 17 heavy (non-hydrogen) atoms. The van der Waals surface area contributed by atoms with E-state index in [1.807, 2.05) is 19.1 Å². The third kappa shape index (κ3) is 2.45. The van der Waals surface area contributed by atoms with Gasteiger partial charge in [-0.25, -0.2) is 4.98 Å². The van der Waals surface area contributed by atoms with Gasteiger partial charge in [-0.15, -0.1) is 22.9 Å². The fourth-order valence-electron chi connectivity index (χ4n) is 1.78. The van der Waals surface area contributed by atoms with Gasteiger partial charge in [0.1, 0.15) is 5.75 Å². The number of hydrogen-bond donors (Lipinski definition) is 0. The standard InChI is InChI=1S/C13H14ClNOS/c1-8-4-5-11(16-3)10(6-8)13-12(7-14)17-9(2)15-13/h4-6H,7H2,1-3H3. The minimum Gasteiger partial charge on any atom is -0.496 e. The van der Waals surface area contributed by atoms with Crippen LogP contribution in [0.3, 0.4) is 0 Å². The van der Waals surface area contributed by atoms with Crippen LogP contribution in [-0.2, 0) is 5.88 Å². The molecule has 1 heterocycles. The van der Waals surface area contributed by atoms with Gasteiger partial charge in [-0.1, -0.05) is 11.6 Å². The third-order valence-corrected chi connectivity index (χ3v) is 3.93. The molecule has 0 saturated carbocycles. The van der Waals surface area contributed by atoms with Gasteiger partial charge in [-0.2, -0.15) is 0 Å². The van der Waals surface area contributed by atoms with Crippen LogP contribution in [0.25, 0.3) is 11.3 Å². The first kappa shape index (κ1) is 12.4. The Morgan fingerprint density at radius 3 is 2.76 bits per heavy atom. The summed E-state index contributed by atoms with van der Waals surface area (Å²) in [5.41, 5.74) is 3.16. The molecule has 4 heteroatoms. The van der Waals surface area contributed by atoms with E-state index >= 15 is 0 Å². The Balaban J connectivity index is 2.61. The molecule has 0 aliphatic rings. The van der Waals surface area contributed by atoms with Gasteiger partial charge in [0.2, 0.25) is 0 Å². The van der Waals surface area contributed by atoms with Crippen molar-refractivity contribution in [3.63, 3.8) is 0 Å². The molecule has 0 fully saturated rings. The van der Waals surface area contributed by atoms with Crippen LogP contribution in [0.4, 0.5) is 0 Å². The number of halogens is 1. The molecule has 0 N–H and O–H groups in total. The van der Waals surface area contributed by atoms with Crippen LogP contribution in [0, 0.1) is 13.8 Å². The maximum absolute atomic E-state index is 5.96. The van der Waals surface area contributed by atoms with Crippen LogP contribution >= 0.6 is 22.9 Å². The number of alkyl halides is 1. The number of aryl methyl sites for hydroxylation is 2. The van der Waals surface area contributed by atoms with Gasteiger partial charge in [-0.3, -0.25) is 0 Å². The lowest BCUT2D eigenvalue weighted by Crippen LogP contribution is -1.91. The summed E-state index contributed by atoms with van der Waals surface area (Å²) in [6.45, 7) is 4.05. The molecule has 0 aliphatic carbocycles. The van der Waals surface area contributed by atoms with E-state index in [0.717, 1.165) is 26.9 Å². The Kier molecular flexibility index (Phi) is 3.69. The van der Waals surface area contributed by atoms with Crippen molar-refractivity contribution in [3.05, 3.63) is 33.6 Å². The highest BCUT2D eigenvalue weighted by Gasteiger charge is 2.14. The molecule has 2 aromatic rings. The Hall–Kier alpha value is -1.06. The average molecular weight is 268 g/mol. The van der Waals surface area contributed by atoms with Crippen molar-refractivity contribution in [2.75, 3.05) is 7.11 Å². The molecular weight excluding hydrogens is 254 g/mol. The molecule has 0 aliphatic heterocycles. The molecule has 0 spiro atoms. The normalized spacial score (nSPS) is 10.6. The minimum absolute atomic E-state index is 0.484. The van der Waals surface area contributed by atoms with Gasteiger partial charge in [0.15, 0.2) is 0 Å². The second kappa shape index (κ2) is 5.07. The highest BCUT2D eigenvalue weighted by molar-refractivity contribution is 7.12. The molecule has 2 nitrogen and oxygen atoms in total. The molecule has 0 atom stereocenters. The molecule has 90 valence electrons. The number of nitrogens with zero attached hydrogens (tertiary/aromatic N) is 1. The van der Waals surface area contributed by atoms with Gasteiger partial charge < -0.3 is 4.74 Å². The summed E-state index contributed by atoms with van der Waals surface area (Å²) in [6, 6.07) is 6.09. The van der Waals surface area contributed by atoms with E-state index in [9.17, 15) is 0 Å². The first-order valence-electron chi connectivity index (χ1n) is 5.33. The zero-order valence-electron chi connectivity index (χ0n) is 10.1. The molecule has 0 unspecified atom stereocenters. The van der Waals surface area contributed by atoms with Crippen LogP contribution in [0.15, 0.2) is 18.2 Å². The number of ether oxygens (including phenoxy) is 1. The van der Waals surface area contributed by atoms with Gasteiger partial charge in [-0.05, 0) is 26.0 Å². The Labute approximate surface area is 110 Å². The smallest absolute Gasteiger partial charge is 0.128 e. The highest BCUT2D eigenvalue weighted by Crippen LogP contribution is 2.35. The fraction of sp³-hybridized carbons (Fsp3) is 0.308. The molecule has 0 saturated heterocycles. The predicted octanol–water partition coefficient (Wildman–Crippen LogP) is 4.17. The predicted molar refractivity (Wildman–Crippen MR) is 73.1 cm³/mol. The summed E-state index contributed by atoms with van der Waals surface area (Å²) >= 11 is 7.60. The molecule has 2 rings (SSSR count). The first-order valence-corrected chi connectivity index (χ1v) is 6.68. The summed E-state index contributed by atoms with van der Waals surface area (Å²) < 4.78 is 5.39. The van der Waals surface area contributed by atoms with Crippen molar-refractivity contribution in [1.29, 1.82) is 0 Å². The Morgan fingerprint density at radius 2 is 2.12 bits per heavy atom. The van der Waals surface area contributed by atoms with Crippen LogP contribution in [0.5, 0.6) is 5.75 Å². The topological polar surface area (TPSA) is 22.1 Å². The molecule has 0 radical (unpaired) electrons. The summed E-state index contributed by atoms with van der Waals surface area (Å²) in [7, 11) is 1.67. The summed E-state index contributed by atoms with van der Waals surface area (Å²) in [5.74, 6) is 1.32. The van der Waals surface area contributed by atoms with Gasteiger partial charge in [0, 0.05) is 10.4 Å². The highest BCUT2D eigenvalue weighted by atomic mass is 35.5. The van der Waals surface area contributed by atoms with E-state index in [-0.39, 0.29) is 0 Å². The Morgan fingerprint density at radius 1 is 1.35 bits per heavy atom. The van der Waals surface area contributed by atoms with E-state index < -0.39 is 0 Å². The lowest BCUT2D eigenvalue weighted by Gasteiger charge is -2.08. The van der Waals surface area contributed by atoms with Crippen LogP contribution < -0.4 is 4.74 Å². The van der Waals surface area contributed by atoms with Crippen molar-refractivity contribution in [1.82, 2.24) is 4.98 Å². The number of hydrogen-bond acceptors (Lipinski definition) is 3. The monoisotopic (exact) mass is 267 g/mol. The van der Waals surface area contributed by atoms with E-state index in [1.165, 1.54) is 5.56 Å². The van der Waals surface area contributed by atoms with Gasteiger partial charge in [0.05, 0.1) is 23.7 Å². The zero-order chi connectivity index (χ0) is 12.4. The van der Waals surface area contributed by atoms with E-state index in [2.05, 4.69) is 18.0 Å².